The monoisotopic (exact) mass is 406 g/mol. The Morgan fingerprint density at radius 1 is 1.27 bits per heavy atom. The molecular weight excluding hydrogens is 383 g/mol. The van der Waals surface area contributed by atoms with Crippen molar-refractivity contribution in [2.45, 2.75) is 18.9 Å². The summed E-state index contributed by atoms with van der Waals surface area (Å²) in [6.45, 7) is 5.53. The third kappa shape index (κ3) is 2.69. The summed E-state index contributed by atoms with van der Waals surface area (Å²) in [5.74, 6) is -0.942. The molecule has 2 fully saturated rings. The van der Waals surface area contributed by atoms with Gasteiger partial charge in [0, 0.05) is 35.9 Å². The van der Waals surface area contributed by atoms with Gasteiger partial charge in [-0.3, -0.25) is 9.59 Å². The molecule has 2 atom stereocenters. The number of nitrogens with two attached hydrogens (primary N) is 1. The van der Waals surface area contributed by atoms with E-state index in [-0.39, 0.29) is 23.4 Å². The lowest BCUT2D eigenvalue weighted by Crippen LogP contribution is -2.47. The summed E-state index contributed by atoms with van der Waals surface area (Å²) in [4.78, 5) is 31.5. The Labute approximate surface area is 173 Å². The van der Waals surface area contributed by atoms with Crippen molar-refractivity contribution in [1.82, 2.24) is 9.88 Å². The number of aromatic nitrogens is 1. The van der Waals surface area contributed by atoms with Crippen LogP contribution in [-0.2, 0) is 4.79 Å². The van der Waals surface area contributed by atoms with Gasteiger partial charge < -0.3 is 20.5 Å². The highest BCUT2D eigenvalue weighted by atomic mass is 19.1. The van der Waals surface area contributed by atoms with Gasteiger partial charge in [0.2, 0.25) is 5.91 Å². The summed E-state index contributed by atoms with van der Waals surface area (Å²) < 4.78 is 15.4. The van der Waals surface area contributed by atoms with Gasteiger partial charge in [-0.15, -0.1) is 0 Å². The number of hydrogen-bond donors (Lipinski definition) is 2. The molecule has 0 unspecified atom stereocenters. The molecule has 0 aliphatic carbocycles. The van der Waals surface area contributed by atoms with Gasteiger partial charge >= 0.3 is 0 Å². The van der Waals surface area contributed by atoms with Crippen LogP contribution in [0.15, 0.2) is 43.0 Å². The minimum absolute atomic E-state index is 0.0275. The van der Waals surface area contributed by atoms with Crippen LogP contribution in [0.2, 0.25) is 0 Å². The largest absolute Gasteiger partial charge is 0.366 e. The maximum atomic E-state index is 15.4. The Hall–Kier alpha value is -3.35. The van der Waals surface area contributed by atoms with Crippen molar-refractivity contribution >= 4 is 39.3 Å². The number of para-hydroxylation sites is 1. The first kappa shape index (κ1) is 18.7. The number of nitrogens with one attached hydrogen (secondary N) is 1. The molecule has 30 heavy (non-hydrogen) atoms. The topological polar surface area (TPSA) is 82.4 Å². The zero-order chi connectivity index (χ0) is 21.0. The number of fused-ring (bicyclic) bond motifs is 4. The Balaban J connectivity index is 1.67. The first-order valence-electron chi connectivity index (χ1n) is 10.2. The van der Waals surface area contributed by atoms with Gasteiger partial charge in [0.15, 0.2) is 0 Å². The van der Waals surface area contributed by atoms with Gasteiger partial charge in [-0.2, -0.15) is 0 Å². The highest BCUT2D eigenvalue weighted by Crippen LogP contribution is 2.41. The van der Waals surface area contributed by atoms with E-state index in [1.165, 1.54) is 12.1 Å². The quantitative estimate of drug-likeness (QED) is 0.656. The number of carbonyl (C=O) groups excluding carboxylic acids is 2. The minimum atomic E-state index is -0.671. The van der Waals surface area contributed by atoms with Gasteiger partial charge in [-0.05, 0) is 37.0 Å². The lowest BCUT2D eigenvalue weighted by atomic mass is 9.92. The molecular formula is C23H23FN4O2. The van der Waals surface area contributed by atoms with E-state index in [2.05, 4.69) is 11.6 Å². The number of carbonyl (C=O) groups is 2. The molecule has 3 N–H and O–H groups in total. The number of amides is 2. The van der Waals surface area contributed by atoms with Crippen molar-refractivity contribution in [2.24, 2.45) is 11.7 Å². The van der Waals surface area contributed by atoms with E-state index < -0.39 is 11.7 Å². The van der Waals surface area contributed by atoms with E-state index >= 15 is 4.39 Å². The third-order valence-electron chi connectivity index (χ3n) is 6.53. The van der Waals surface area contributed by atoms with Crippen LogP contribution in [-0.4, -0.2) is 47.4 Å². The number of likely N-dealkylation sites (tertiary alicyclic amines) is 1. The summed E-state index contributed by atoms with van der Waals surface area (Å²) in [7, 11) is 0. The van der Waals surface area contributed by atoms with Crippen molar-refractivity contribution in [3.05, 3.63) is 54.4 Å². The molecule has 0 bridgehead atoms. The molecule has 0 saturated carbocycles. The van der Waals surface area contributed by atoms with Gasteiger partial charge in [0.05, 0.1) is 22.8 Å². The molecule has 2 saturated heterocycles. The van der Waals surface area contributed by atoms with Crippen LogP contribution in [0.5, 0.6) is 0 Å². The van der Waals surface area contributed by atoms with E-state index in [4.69, 9.17) is 5.73 Å². The zero-order valence-corrected chi connectivity index (χ0v) is 16.5. The molecule has 3 aromatic rings. The van der Waals surface area contributed by atoms with Crippen LogP contribution >= 0.6 is 0 Å². The standard InChI is InChI=1S/C23H23FN4O2/c1-2-19(29)28-9-5-6-13-11-27(12-18(13)28)22-16(24)10-15(23(25)30)21-20(22)14-7-3-4-8-17(14)26-21/h2-4,7-8,10,13,18,26H,1,5-6,9,11-12H2,(H2,25,30)/t13-,18+/m0/s1. The number of benzene rings is 2. The average molecular weight is 406 g/mol. The summed E-state index contributed by atoms with van der Waals surface area (Å²) >= 11 is 0. The molecule has 2 aromatic carbocycles. The van der Waals surface area contributed by atoms with Crippen LogP contribution in [0.1, 0.15) is 23.2 Å². The maximum absolute atomic E-state index is 15.4. The smallest absolute Gasteiger partial charge is 0.250 e. The predicted octanol–water partition coefficient (Wildman–Crippen LogP) is 3.17. The van der Waals surface area contributed by atoms with Crippen molar-refractivity contribution in [2.75, 3.05) is 24.5 Å². The van der Waals surface area contributed by atoms with Crippen LogP contribution in [0.25, 0.3) is 21.8 Å². The molecule has 1 aromatic heterocycles. The van der Waals surface area contributed by atoms with Crippen molar-refractivity contribution < 1.29 is 14.0 Å². The van der Waals surface area contributed by atoms with E-state index in [0.29, 0.717) is 36.2 Å². The number of hydrogen-bond acceptors (Lipinski definition) is 3. The normalized spacial score (nSPS) is 21.2. The van der Waals surface area contributed by atoms with Gasteiger partial charge in [-0.1, -0.05) is 24.8 Å². The number of rotatable bonds is 3. The highest BCUT2D eigenvalue weighted by Gasteiger charge is 2.41. The molecule has 0 radical (unpaired) electrons. The van der Waals surface area contributed by atoms with Gasteiger partial charge in [0.25, 0.3) is 5.91 Å². The van der Waals surface area contributed by atoms with Crippen molar-refractivity contribution in [3.63, 3.8) is 0 Å². The molecule has 2 aliphatic rings. The second-order valence-corrected chi connectivity index (χ2v) is 8.15. The Morgan fingerprint density at radius 3 is 2.83 bits per heavy atom. The molecule has 3 heterocycles. The first-order chi connectivity index (χ1) is 14.5. The van der Waals surface area contributed by atoms with Crippen molar-refractivity contribution in [3.8, 4) is 0 Å². The van der Waals surface area contributed by atoms with E-state index in [9.17, 15) is 9.59 Å². The highest BCUT2D eigenvalue weighted by molar-refractivity contribution is 6.19. The molecule has 2 amide bonds. The van der Waals surface area contributed by atoms with Gasteiger partial charge in [0.1, 0.15) is 5.82 Å². The fourth-order valence-electron chi connectivity index (χ4n) is 5.23. The first-order valence-corrected chi connectivity index (χ1v) is 10.2. The summed E-state index contributed by atoms with van der Waals surface area (Å²) in [6.07, 6.45) is 3.28. The molecule has 7 heteroatoms. The molecule has 154 valence electrons. The molecule has 5 rings (SSSR count). The summed E-state index contributed by atoms with van der Waals surface area (Å²) in [5, 5.41) is 1.51. The Kier molecular flexibility index (Phi) is 4.27. The number of aromatic amines is 1. The second kappa shape index (κ2) is 6.86. The Bertz CT molecular complexity index is 1200. The van der Waals surface area contributed by atoms with Crippen molar-refractivity contribution in [1.29, 1.82) is 0 Å². The third-order valence-corrected chi connectivity index (χ3v) is 6.53. The SMILES string of the molecule is C=CC(=O)N1CCC[C@H]2CN(c3c(F)cc(C(N)=O)c4[nH]c5ccccc5c34)C[C@H]21. The molecule has 2 aliphatic heterocycles. The zero-order valence-electron chi connectivity index (χ0n) is 16.5. The average Bonchev–Trinajstić information content (AvgIpc) is 3.34. The fraction of sp³-hybridized carbons (Fsp3) is 0.304. The Morgan fingerprint density at radius 2 is 2.07 bits per heavy atom. The van der Waals surface area contributed by atoms with Crippen LogP contribution in [0.3, 0.4) is 0 Å². The van der Waals surface area contributed by atoms with E-state index in [1.807, 2.05) is 34.1 Å². The number of anilines is 1. The minimum Gasteiger partial charge on any atom is -0.366 e. The van der Waals surface area contributed by atoms with Gasteiger partial charge in [-0.25, -0.2) is 4.39 Å². The summed E-state index contributed by atoms with van der Waals surface area (Å²) in [5.41, 5.74) is 7.52. The lowest BCUT2D eigenvalue weighted by molar-refractivity contribution is -0.130. The number of nitrogens with zero attached hydrogens (tertiary/aromatic N) is 2. The van der Waals surface area contributed by atoms with Crippen LogP contribution in [0, 0.1) is 11.7 Å². The number of primary amides is 1. The van der Waals surface area contributed by atoms with Crippen LogP contribution < -0.4 is 10.6 Å². The number of halogens is 1. The second-order valence-electron chi connectivity index (χ2n) is 8.15. The van der Waals surface area contributed by atoms with Crippen LogP contribution in [0.4, 0.5) is 10.1 Å². The predicted molar refractivity (Wildman–Crippen MR) is 115 cm³/mol. The number of H-pyrrole nitrogens is 1. The van der Waals surface area contributed by atoms with E-state index in [1.54, 1.807) is 0 Å². The number of piperidine rings is 1. The van der Waals surface area contributed by atoms with E-state index in [0.717, 1.165) is 23.7 Å². The molecule has 6 nitrogen and oxygen atoms in total. The maximum Gasteiger partial charge on any atom is 0.250 e. The lowest BCUT2D eigenvalue weighted by Gasteiger charge is -2.36. The fourth-order valence-corrected chi connectivity index (χ4v) is 5.23. The summed E-state index contributed by atoms with van der Waals surface area (Å²) in [6, 6.07) is 8.85. The molecule has 0 spiro atoms.